The Kier molecular flexibility index (Phi) is 2.48. The number of carbonyl (C=O) groups excluding carboxylic acids is 1. The minimum absolute atomic E-state index is 0.0276. The molecule has 0 fully saturated rings. The van der Waals surface area contributed by atoms with Crippen molar-refractivity contribution in [3.8, 4) is 5.69 Å². The van der Waals surface area contributed by atoms with Crippen molar-refractivity contribution in [2.45, 2.75) is 13.8 Å². The summed E-state index contributed by atoms with van der Waals surface area (Å²) < 4.78 is 1.85. The molecular formula is C12H13N3O. The van der Waals surface area contributed by atoms with Crippen molar-refractivity contribution in [2.75, 3.05) is 5.73 Å². The Balaban J connectivity index is 2.53. The standard InChI is InChI=1S/C12H13N3O/c1-8-12(9(2)16)14-7-15(8)11-5-3-4-10(13)6-11/h3-7H,13H2,1-2H3. The monoisotopic (exact) mass is 215 g/mol. The molecule has 16 heavy (non-hydrogen) atoms. The molecule has 0 aliphatic heterocycles. The van der Waals surface area contributed by atoms with E-state index in [2.05, 4.69) is 4.98 Å². The summed E-state index contributed by atoms with van der Waals surface area (Å²) in [6.45, 7) is 3.38. The fraction of sp³-hybridized carbons (Fsp3) is 0.167. The molecular weight excluding hydrogens is 202 g/mol. The summed E-state index contributed by atoms with van der Waals surface area (Å²) >= 11 is 0. The molecule has 0 spiro atoms. The van der Waals surface area contributed by atoms with Crippen molar-refractivity contribution in [1.29, 1.82) is 0 Å². The Morgan fingerprint density at radius 2 is 2.19 bits per heavy atom. The first-order valence-corrected chi connectivity index (χ1v) is 5.00. The lowest BCUT2D eigenvalue weighted by Crippen LogP contribution is -2.00. The zero-order chi connectivity index (χ0) is 11.7. The van der Waals surface area contributed by atoms with Gasteiger partial charge in [-0.3, -0.25) is 4.79 Å². The van der Waals surface area contributed by atoms with Crippen molar-refractivity contribution in [2.24, 2.45) is 0 Å². The topological polar surface area (TPSA) is 60.9 Å². The number of rotatable bonds is 2. The minimum atomic E-state index is -0.0276. The lowest BCUT2D eigenvalue weighted by atomic mass is 10.2. The number of hydrogen-bond donors (Lipinski definition) is 1. The van der Waals surface area contributed by atoms with Gasteiger partial charge < -0.3 is 10.3 Å². The van der Waals surface area contributed by atoms with Gasteiger partial charge in [0, 0.05) is 18.3 Å². The van der Waals surface area contributed by atoms with Gasteiger partial charge in [0.15, 0.2) is 5.78 Å². The van der Waals surface area contributed by atoms with E-state index in [0.717, 1.165) is 11.4 Å². The number of benzene rings is 1. The third-order valence-electron chi connectivity index (χ3n) is 2.49. The first kappa shape index (κ1) is 10.4. The molecule has 0 bridgehead atoms. The highest BCUT2D eigenvalue weighted by Crippen LogP contribution is 2.16. The predicted molar refractivity (Wildman–Crippen MR) is 62.7 cm³/mol. The number of ketones is 1. The van der Waals surface area contributed by atoms with Crippen LogP contribution in [0.1, 0.15) is 23.1 Å². The normalized spacial score (nSPS) is 10.4. The number of nitrogens with two attached hydrogens (primary N) is 1. The number of aromatic nitrogens is 2. The summed E-state index contributed by atoms with van der Waals surface area (Å²) in [5.74, 6) is -0.0276. The van der Waals surface area contributed by atoms with Gasteiger partial charge in [-0.05, 0) is 25.1 Å². The molecule has 0 unspecified atom stereocenters. The summed E-state index contributed by atoms with van der Waals surface area (Å²) in [5, 5.41) is 0. The Morgan fingerprint density at radius 1 is 1.44 bits per heavy atom. The number of nitrogen functional groups attached to an aromatic ring is 1. The van der Waals surface area contributed by atoms with Crippen LogP contribution in [-0.4, -0.2) is 15.3 Å². The van der Waals surface area contributed by atoms with Crippen LogP contribution in [0.25, 0.3) is 5.69 Å². The zero-order valence-corrected chi connectivity index (χ0v) is 9.27. The summed E-state index contributed by atoms with van der Waals surface area (Å²) in [4.78, 5) is 15.4. The maximum Gasteiger partial charge on any atom is 0.179 e. The van der Waals surface area contributed by atoms with E-state index in [9.17, 15) is 4.79 Å². The molecule has 0 amide bonds. The molecule has 2 N–H and O–H groups in total. The minimum Gasteiger partial charge on any atom is -0.399 e. The van der Waals surface area contributed by atoms with E-state index in [-0.39, 0.29) is 5.78 Å². The Bertz CT molecular complexity index is 543. The molecule has 1 aromatic carbocycles. The zero-order valence-electron chi connectivity index (χ0n) is 9.27. The predicted octanol–water partition coefficient (Wildman–Crippen LogP) is 1.97. The highest BCUT2D eigenvalue weighted by molar-refractivity contribution is 5.93. The van der Waals surface area contributed by atoms with Crippen LogP contribution in [0.2, 0.25) is 0 Å². The number of imidazole rings is 1. The molecule has 0 saturated carbocycles. The maximum absolute atomic E-state index is 11.3. The third-order valence-corrected chi connectivity index (χ3v) is 2.49. The fourth-order valence-corrected chi connectivity index (χ4v) is 1.69. The number of carbonyl (C=O) groups is 1. The SMILES string of the molecule is CC(=O)c1ncn(-c2cccc(N)c2)c1C. The van der Waals surface area contributed by atoms with E-state index in [1.807, 2.05) is 35.8 Å². The smallest absolute Gasteiger partial charge is 0.179 e. The maximum atomic E-state index is 11.3. The molecule has 4 heteroatoms. The van der Waals surface area contributed by atoms with Crippen LogP contribution in [0.15, 0.2) is 30.6 Å². The van der Waals surface area contributed by atoms with Crippen LogP contribution in [0, 0.1) is 6.92 Å². The Hall–Kier alpha value is -2.10. The second-order valence-corrected chi connectivity index (χ2v) is 3.70. The van der Waals surface area contributed by atoms with Gasteiger partial charge in [-0.25, -0.2) is 4.98 Å². The van der Waals surface area contributed by atoms with Gasteiger partial charge in [-0.2, -0.15) is 0 Å². The van der Waals surface area contributed by atoms with Crippen molar-refractivity contribution >= 4 is 11.5 Å². The van der Waals surface area contributed by atoms with Gasteiger partial charge >= 0.3 is 0 Å². The van der Waals surface area contributed by atoms with E-state index in [4.69, 9.17) is 5.73 Å². The van der Waals surface area contributed by atoms with Crippen LogP contribution in [0.5, 0.6) is 0 Å². The second kappa shape index (κ2) is 3.81. The van der Waals surface area contributed by atoms with Gasteiger partial charge in [-0.1, -0.05) is 6.07 Å². The van der Waals surface area contributed by atoms with Crippen LogP contribution in [-0.2, 0) is 0 Å². The highest BCUT2D eigenvalue weighted by Gasteiger charge is 2.11. The van der Waals surface area contributed by atoms with E-state index >= 15 is 0 Å². The van der Waals surface area contributed by atoms with E-state index in [0.29, 0.717) is 11.4 Å². The van der Waals surface area contributed by atoms with Gasteiger partial charge in [0.25, 0.3) is 0 Å². The molecule has 2 aromatic rings. The van der Waals surface area contributed by atoms with Crippen LogP contribution in [0.3, 0.4) is 0 Å². The van der Waals surface area contributed by atoms with E-state index in [1.165, 1.54) is 6.92 Å². The Morgan fingerprint density at radius 3 is 2.75 bits per heavy atom. The molecule has 4 nitrogen and oxygen atoms in total. The lowest BCUT2D eigenvalue weighted by molar-refractivity contribution is 0.101. The molecule has 0 atom stereocenters. The highest BCUT2D eigenvalue weighted by atomic mass is 16.1. The summed E-state index contributed by atoms with van der Waals surface area (Å²) in [5.41, 5.74) is 8.65. The first-order chi connectivity index (χ1) is 7.59. The molecule has 0 aliphatic rings. The average Bonchev–Trinajstić information content (AvgIpc) is 2.60. The molecule has 2 rings (SSSR count). The van der Waals surface area contributed by atoms with Crippen molar-refractivity contribution in [3.05, 3.63) is 42.0 Å². The largest absolute Gasteiger partial charge is 0.399 e. The van der Waals surface area contributed by atoms with Gasteiger partial charge in [0.05, 0.1) is 5.69 Å². The van der Waals surface area contributed by atoms with Gasteiger partial charge in [0.1, 0.15) is 12.0 Å². The lowest BCUT2D eigenvalue weighted by Gasteiger charge is -2.05. The summed E-state index contributed by atoms with van der Waals surface area (Å²) in [6.07, 6.45) is 1.64. The summed E-state index contributed by atoms with van der Waals surface area (Å²) in [7, 11) is 0. The first-order valence-electron chi connectivity index (χ1n) is 5.00. The number of nitrogens with zero attached hydrogens (tertiary/aromatic N) is 2. The number of Topliss-reactive ketones (excluding diaryl/α,β-unsaturated/α-hetero) is 1. The van der Waals surface area contributed by atoms with Gasteiger partial charge in [-0.15, -0.1) is 0 Å². The molecule has 82 valence electrons. The van der Waals surface area contributed by atoms with E-state index < -0.39 is 0 Å². The van der Waals surface area contributed by atoms with Crippen molar-refractivity contribution < 1.29 is 4.79 Å². The van der Waals surface area contributed by atoms with Gasteiger partial charge in [0.2, 0.25) is 0 Å². The Labute approximate surface area is 93.7 Å². The quantitative estimate of drug-likeness (QED) is 0.615. The molecule has 0 saturated heterocycles. The van der Waals surface area contributed by atoms with Crippen LogP contribution < -0.4 is 5.73 Å². The number of hydrogen-bond acceptors (Lipinski definition) is 3. The fourth-order valence-electron chi connectivity index (χ4n) is 1.69. The van der Waals surface area contributed by atoms with Crippen LogP contribution in [0.4, 0.5) is 5.69 Å². The molecule has 0 radical (unpaired) electrons. The van der Waals surface area contributed by atoms with Crippen molar-refractivity contribution in [3.63, 3.8) is 0 Å². The molecule has 0 aliphatic carbocycles. The number of anilines is 1. The average molecular weight is 215 g/mol. The van der Waals surface area contributed by atoms with Crippen LogP contribution >= 0.6 is 0 Å². The molecule has 1 heterocycles. The van der Waals surface area contributed by atoms with E-state index in [1.54, 1.807) is 6.33 Å². The second-order valence-electron chi connectivity index (χ2n) is 3.70. The third kappa shape index (κ3) is 1.69. The summed E-state index contributed by atoms with van der Waals surface area (Å²) in [6, 6.07) is 7.47. The molecule has 1 aromatic heterocycles. The van der Waals surface area contributed by atoms with Crippen molar-refractivity contribution in [1.82, 2.24) is 9.55 Å².